The van der Waals surface area contributed by atoms with E-state index in [4.69, 9.17) is 11.6 Å². The molecule has 2 amide bonds. The van der Waals surface area contributed by atoms with Gasteiger partial charge in [0.1, 0.15) is 11.6 Å². The van der Waals surface area contributed by atoms with Gasteiger partial charge in [0.05, 0.1) is 17.3 Å². The summed E-state index contributed by atoms with van der Waals surface area (Å²) >= 11 is 6.02. The Morgan fingerprint density at radius 3 is 2.26 bits per heavy atom. The first kappa shape index (κ1) is 19.3. The smallest absolute Gasteiger partial charge is 0.254 e. The lowest BCUT2D eigenvalue weighted by Gasteiger charge is -2.34. The molecule has 3 rings (SSSR count). The molecule has 0 aliphatic carbocycles. The third-order valence-electron chi connectivity index (χ3n) is 4.28. The van der Waals surface area contributed by atoms with Gasteiger partial charge < -0.3 is 10.2 Å². The molecular formula is C19H18ClF2N3O2. The highest BCUT2D eigenvalue weighted by atomic mass is 35.5. The molecule has 142 valence electrons. The Hall–Kier alpha value is -2.51. The summed E-state index contributed by atoms with van der Waals surface area (Å²) in [6, 6.07) is 9.74. The summed E-state index contributed by atoms with van der Waals surface area (Å²) in [5.41, 5.74) is 0.531. The fourth-order valence-electron chi connectivity index (χ4n) is 2.92. The summed E-state index contributed by atoms with van der Waals surface area (Å²) in [7, 11) is 0. The zero-order valence-electron chi connectivity index (χ0n) is 14.4. The molecule has 0 unspecified atom stereocenters. The van der Waals surface area contributed by atoms with Crippen LogP contribution in [-0.2, 0) is 4.79 Å². The summed E-state index contributed by atoms with van der Waals surface area (Å²) in [6.07, 6.45) is 0. The molecular weight excluding hydrogens is 376 g/mol. The van der Waals surface area contributed by atoms with Crippen molar-refractivity contribution in [1.82, 2.24) is 9.80 Å². The second kappa shape index (κ2) is 8.45. The maximum atomic E-state index is 13.3. The molecule has 0 bridgehead atoms. The molecule has 0 spiro atoms. The van der Waals surface area contributed by atoms with Crippen molar-refractivity contribution in [3.8, 4) is 0 Å². The van der Waals surface area contributed by atoms with E-state index in [1.165, 1.54) is 4.90 Å². The zero-order chi connectivity index (χ0) is 19.4. The second-order valence-electron chi connectivity index (χ2n) is 6.25. The van der Waals surface area contributed by atoms with Crippen molar-refractivity contribution in [1.29, 1.82) is 0 Å². The fraction of sp³-hybridized carbons (Fsp3) is 0.263. The molecule has 1 fully saturated rings. The van der Waals surface area contributed by atoms with Gasteiger partial charge in [-0.15, -0.1) is 0 Å². The van der Waals surface area contributed by atoms with Crippen molar-refractivity contribution >= 4 is 29.1 Å². The Kier molecular flexibility index (Phi) is 6.03. The summed E-state index contributed by atoms with van der Waals surface area (Å²) in [4.78, 5) is 28.0. The van der Waals surface area contributed by atoms with E-state index in [1.807, 2.05) is 4.90 Å². The van der Waals surface area contributed by atoms with Gasteiger partial charge >= 0.3 is 0 Å². The van der Waals surface area contributed by atoms with E-state index in [9.17, 15) is 18.4 Å². The molecule has 1 heterocycles. The van der Waals surface area contributed by atoms with Crippen LogP contribution in [0.2, 0.25) is 5.02 Å². The van der Waals surface area contributed by atoms with Crippen LogP contribution in [0.4, 0.5) is 14.5 Å². The van der Waals surface area contributed by atoms with Crippen LogP contribution in [0, 0.1) is 11.6 Å². The minimum absolute atomic E-state index is 0.0163. The molecule has 27 heavy (non-hydrogen) atoms. The molecule has 1 saturated heterocycles. The lowest BCUT2D eigenvalue weighted by atomic mass is 10.1. The number of hydrogen-bond acceptors (Lipinski definition) is 3. The summed E-state index contributed by atoms with van der Waals surface area (Å²) < 4.78 is 26.6. The molecule has 8 heteroatoms. The van der Waals surface area contributed by atoms with E-state index in [0.29, 0.717) is 36.9 Å². The predicted octanol–water partition coefficient (Wildman–Crippen LogP) is 3.01. The van der Waals surface area contributed by atoms with Gasteiger partial charge in [-0.05, 0) is 24.3 Å². The lowest BCUT2D eigenvalue weighted by Crippen LogP contribution is -2.50. The number of nitrogens with one attached hydrogen (secondary N) is 1. The molecule has 5 nitrogen and oxygen atoms in total. The number of carbonyl (C=O) groups is 2. The lowest BCUT2D eigenvalue weighted by molar-refractivity contribution is -0.117. The standard InChI is InChI=1S/C19H18ClF2N3O2/c20-16-3-1-2-4-17(16)23-18(26)12-24-5-7-25(8-6-24)19(27)13-9-14(21)11-15(22)10-13/h1-4,9-11H,5-8,12H2,(H,23,26). The third-order valence-corrected chi connectivity index (χ3v) is 4.61. The molecule has 0 atom stereocenters. The molecule has 1 N–H and O–H groups in total. The molecule has 2 aromatic rings. The zero-order valence-corrected chi connectivity index (χ0v) is 15.2. The Labute approximate surface area is 160 Å². The van der Waals surface area contributed by atoms with Crippen molar-refractivity contribution in [3.63, 3.8) is 0 Å². The van der Waals surface area contributed by atoms with Crippen molar-refractivity contribution in [2.45, 2.75) is 0 Å². The highest BCUT2D eigenvalue weighted by molar-refractivity contribution is 6.33. The minimum atomic E-state index is -0.784. The number of nitrogens with zero attached hydrogens (tertiary/aromatic N) is 2. The van der Waals surface area contributed by atoms with Crippen LogP contribution < -0.4 is 5.32 Å². The van der Waals surface area contributed by atoms with Gasteiger partial charge in [-0.25, -0.2) is 8.78 Å². The maximum Gasteiger partial charge on any atom is 0.254 e. The highest BCUT2D eigenvalue weighted by Gasteiger charge is 2.24. The molecule has 0 aromatic heterocycles. The molecule has 1 aliphatic rings. The van der Waals surface area contributed by atoms with Gasteiger partial charge in [-0.2, -0.15) is 0 Å². The van der Waals surface area contributed by atoms with Crippen molar-refractivity contribution in [2.24, 2.45) is 0 Å². The number of para-hydroxylation sites is 1. The van der Waals surface area contributed by atoms with Gasteiger partial charge in [0.15, 0.2) is 0 Å². The Bertz CT molecular complexity index is 834. The van der Waals surface area contributed by atoms with Crippen LogP contribution >= 0.6 is 11.6 Å². The van der Waals surface area contributed by atoms with Crippen LogP contribution in [-0.4, -0.2) is 54.3 Å². The summed E-state index contributed by atoms with van der Waals surface area (Å²) in [6.45, 7) is 1.88. The number of carbonyl (C=O) groups excluding carboxylic acids is 2. The second-order valence-corrected chi connectivity index (χ2v) is 6.66. The van der Waals surface area contributed by atoms with Crippen LogP contribution in [0.15, 0.2) is 42.5 Å². The number of anilines is 1. The minimum Gasteiger partial charge on any atom is -0.336 e. The van der Waals surface area contributed by atoms with Crippen molar-refractivity contribution in [3.05, 3.63) is 64.7 Å². The van der Waals surface area contributed by atoms with E-state index in [0.717, 1.165) is 18.2 Å². The number of halogens is 3. The number of hydrogen-bond donors (Lipinski definition) is 1. The van der Waals surface area contributed by atoms with E-state index < -0.39 is 17.5 Å². The highest BCUT2D eigenvalue weighted by Crippen LogP contribution is 2.20. The molecule has 2 aromatic carbocycles. The first-order valence-electron chi connectivity index (χ1n) is 8.44. The Morgan fingerprint density at radius 1 is 1.00 bits per heavy atom. The SMILES string of the molecule is O=C(CN1CCN(C(=O)c2cc(F)cc(F)c2)CC1)Nc1ccccc1Cl. The van der Waals surface area contributed by atoms with Gasteiger partial charge in [0.2, 0.25) is 5.91 Å². The summed E-state index contributed by atoms with van der Waals surface area (Å²) in [5.74, 6) is -2.19. The number of piperazine rings is 1. The van der Waals surface area contributed by atoms with Crippen LogP contribution in [0.3, 0.4) is 0 Å². The normalized spacial score (nSPS) is 14.9. The van der Waals surface area contributed by atoms with Crippen LogP contribution in [0.25, 0.3) is 0 Å². The van der Waals surface area contributed by atoms with Gasteiger partial charge in [-0.1, -0.05) is 23.7 Å². The Morgan fingerprint density at radius 2 is 1.63 bits per heavy atom. The average molecular weight is 394 g/mol. The quantitative estimate of drug-likeness (QED) is 0.868. The fourth-order valence-corrected chi connectivity index (χ4v) is 3.11. The Balaban J connectivity index is 1.52. The monoisotopic (exact) mass is 393 g/mol. The largest absolute Gasteiger partial charge is 0.336 e. The van der Waals surface area contributed by atoms with Gasteiger partial charge in [0, 0.05) is 37.8 Å². The molecule has 0 saturated carbocycles. The van der Waals surface area contributed by atoms with E-state index in [2.05, 4.69) is 5.32 Å². The topological polar surface area (TPSA) is 52.7 Å². The number of benzene rings is 2. The predicted molar refractivity (Wildman–Crippen MR) is 98.8 cm³/mol. The average Bonchev–Trinajstić information content (AvgIpc) is 2.63. The van der Waals surface area contributed by atoms with E-state index in [1.54, 1.807) is 24.3 Å². The van der Waals surface area contributed by atoms with Crippen molar-refractivity contribution < 1.29 is 18.4 Å². The molecule has 0 radical (unpaired) electrons. The van der Waals surface area contributed by atoms with E-state index >= 15 is 0 Å². The molecule has 1 aliphatic heterocycles. The number of amides is 2. The van der Waals surface area contributed by atoms with Gasteiger partial charge in [-0.3, -0.25) is 14.5 Å². The van der Waals surface area contributed by atoms with Crippen LogP contribution in [0.1, 0.15) is 10.4 Å². The summed E-state index contributed by atoms with van der Waals surface area (Å²) in [5, 5.41) is 3.22. The van der Waals surface area contributed by atoms with E-state index in [-0.39, 0.29) is 18.0 Å². The number of rotatable bonds is 4. The third kappa shape index (κ3) is 5.02. The van der Waals surface area contributed by atoms with Gasteiger partial charge in [0.25, 0.3) is 5.91 Å². The van der Waals surface area contributed by atoms with Crippen molar-refractivity contribution in [2.75, 3.05) is 38.0 Å². The van der Waals surface area contributed by atoms with Crippen LogP contribution in [0.5, 0.6) is 0 Å². The first-order valence-corrected chi connectivity index (χ1v) is 8.82. The maximum absolute atomic E-state index is 13.3. The first-order chi connectivity index (χ1) is 12.9.